The molecule has 1 heterocycles. The molecule has 0 radical (unpaired) electrons. The number of morpholine rings is 1. The monoisotopic (exact) mass is 242 g/mol. The van der Waals surface area contributed by atoms with Crippen molar-refractivity contribution >= 4 is 5.91 Å². The van der Waals surface area contributed by atoms with Crippen molar-refractivity contribution in [2.75, 3.05) is 39.4 Å². The Hall–Kier alpha value is -0.610. The van der Waals surface area contributed by atoms with Crippen LogP contribution in [0.15, 0.2) is 0 Å². The summed E-state index contributed by atoms with van der Waals surface area (Å²) < 4.78 is 5.31. The van der Waals surface area contributed by atoms with E-state index in [-0.39, 0.29) is 11.3 Å². The van der Waals surface area contributed by atoms with Crippen LogP contribution in [0.25, 0.3) is 0 Å². The van der Waals surface area contributed by atoms with Crippen molar-refractivity contribution in [1.82, 2.24) is 10.2 Å². The Morgan fingerprint density at radius 1 is 1.35 bits per heavy atom. The van der Waals surface area contributed by atoms with Gasteiger partial charge in [-0.1, -0.05) is 27.7 Å². The van der Waals surface area contributed by atoms with Gasteiger partial charge in [0.05, 0.1) is 13.2 Å². The van der Waals surface area contributed by atoms with Crippen LogP contribution in [-0.4, -0.2) is 50.2 Å². The summed E-state index contributed by atoms with van der Waals surface area (Å²) in [6.45, 7) is 13.5. The minimum atomic E-state index is -0.293. The second-order valence-corrected chi connectivity index (χ2v) is 5.98. The quantitative estimate of drug-likeness (QED) is 0.803. The lowest BCUT2D eigenvalue weighted by Crippen LogP contribution is -2.43. The van der Waals surface area contributed by atoms with E-state index in [2.05, 4.69) is 17.1 Å². The summed E-state index contributed by atoms with van der Waals surface area (Å²) in [4.78, 5) is 14.1. The Morgan fingerprint density at radius 2 is 1.94 bits per heavy atom. The molecule has 1 saturated heterocycles. The molecule has 1 rings (SSSR count). The first-order valence-electron chi connectivity index (χ1n) is 6.48. The molecule has 0 aliphatic carbocycles. The van der Waals surface area contributed by atoms with Gasteiger partial charge in [-0.15, -0.1) is 0 Å². The van der Waals surface area contributed by atoms with Gasteiger partial charge in [-0.3, -0.25) is 9.69 Å². The number of nitrogens with one attached hydrogen (secondary N) is 1. The SMILES string of the molecule is CC(CNC(=O)C(C)(C)C)CN1CCOCC1. The second-order valence-electron chi connectivity index (χ2n) is 5.98. The predicted octanol–water partition coefficient (Wildman–Crippen LogP) is 1.12. The highest BCUT2D eigenvalue weighted by Crippen LogP contribution is 2.12. The highest BCUT2D eigenvalue weighted by atomic mass is 16.5. The summed E-state index contributed by atoms with van der Waals surface area (Å²) in [5.41, 5.74) is -0.293. The van der Waals surface area contributed by atoms with E-state index in [1.807, 2.05) is 20.8 Å². The number of hydrogen-bond acceptors (Lipinski definition) is 3. The minimum absolute atomic E-state index is 0.131. The molecule has 100 valence electrons. The van der Waals surface area contributed by atoms with E-state index in [4.69, 9.17) is 4.74 Å². The number of ether oxygens (including phenoxy) is 1. The topological polar surface area (TPSA) is 41.6 Å². The van der Waals surface area contributed by atoms with Crippen molar-refractivity contribution in [2.24, 2.45) is 11.3 Å². The van der Waals surface area contributed by atoms with E-state index in [0.29, 0.717) is 5.92 Å². The Bertz CT molecular complexity index is 242. The summed E-state index contributed by atoms with van der Waals surface area (Å²) in [6, 6.07) is 0. The fourth-order valence-corrected chi connectivity index (χ4v) is 1.82. The van der Waals surface area contributed by atoms with Gasteiger partial charge in [0.25, 0.3) is 0 Å². The van der Waals surface area contributed by atoms with Gasteiger partial charge < -0.3 is 10.1 Å². The number of hydrogen-bond donors (Lipinski definition) is 1. The van der Waals surface area contributed by atoms with Gasteiger partial charge in [-0.05, 0) is 5.92 Å². The van der Waals surface area contributed by atoms with E-state index < -0.39 is 0 Å². The molecule has 1 N–H and O–H groups in total. The van der Waals surface area contributed by atoms with Crippen LogP contribution in [-0.2, 0) is 9.53 Å². The minimum Gasteiger partial charge on any atom is -0.379 e. The molecule has 0 aromatic rings. The highest BCUT2D eigenvalue weighted by molar-refractivity contribution is 5.81. The maximum atomic E-state index is 11.7. The highest BCUT2D eigenvalue weighted by Gasteiger charge is 2.21. The Balaban J connectivity index is 2.20. The molecule has 1 aliphatic heterocycles. The van der Waals surface area contributed by atoms with Crippen LogP contribution in [0.2, 0.25) is 0 Å². The number of carbonyl (C=O) groups excluding carboxylic acids is 1. The fourth-order valence-electron chi connectivity index (χ4n) is 1.82. The number of amides is 1. The van der Waals surface area contributed by atoms with Crippen molar-refractivity contribution in [3.05, 3.63) is 0 Å². The van der Waals surface area contributed by atoms with Gasteiger partial charge in [-0.2, -0.15) is 0 Å². The predicted molar refractivity (Wildman–Crippen MR) is 68.9 cm³/mol. The van der Waals surface area contributed by atoms with E-state index in [1.165, 1.54) is 0 Å². The molecule has 0 aromatic heterocycles. The van der Waals surface area contributed by atoms with Gasteiger partial charge in [0, 0.05) is 31.6 Å². The maximum Gasteiger partial charge on any atom is 0.225 e. The first-order chi connectivity index (χ1) is 7.89. The van der Waals surface area contributed by atoms with Crippen molar-refractivity contribution < 1.29 is 9.53 Å². The molecule has 1 unspecified atom stereocenters. The lowest BCUT2D eigenvalue weighted by atomic mass is 9.95. The molecular weight excluding hydrogens is 216 g/mol. The third-order valence-corrected chi connectivity index (χ3v) is 2.97. The molecule has 0 spiro atoms. The molecule has 1 aliphatic rings. The number of carbonyl (C=O) groups is 1. The van der Waals surface area contributed by atoms with Crippen LogP contribution in [0.4, 0.5) is 0 Å². The van der Waals surface area contributed by atoms with Gasteiger partial charge >= 0.3 is 0 Å². The zero-order valence-corrected chi connectivity index (χ0v) is 11.6. The van der Waals surface area contributed by atoms with E-state index in [9.17, 15) is 4.79 Å². The zero-order chi connectivity index (χ0) is 12.9. The van der Waals surface area contributed by atoms with Crippen molar-refractivity contribution in [3.8, 4) is 0 Å². The lowest BCUT2D eigenvalue weighted by Gasteiger charge is -2.29. The van der Waals surface area contributed by atoms with E-state index in [0.717, 1.165) is 39.4 Å². The standard InChI is InChI=1S/C13H26N2O2/c1-11(9-14-12(16)13(2,3)4)10-15-5-7-17-8-6-15/h11H,5-10H2,1-4H3,(H,14,16). The Labute approximate surface area is 105 Å². The largest absolute Gasteiger partial charge is 0.379 e. The molecule has 1 fully saturated rings. The molecule has 0 bridgehead atoms. The second kappa shape index (κ2) is 6.36. The van der Waals surface area contributed by atoms with Crippen LogP contribution in [0, 0.1) is 11.3 Å². The maximum absolute atomic E-state index is 11.7. The average Bonchev–Trinajstić information content (AvgIpc) is 2.26. The van der Waals surface area contributed by atoms with Gasteiger partial charge in [0.2, 0.25) is 5.91 Å². The first-order valence-corrected chi connectivity index (χ1v) is 6.48. The molecular formula is C13H26N2O2. The normalized spacial score (nSPS) is 20.0. The van der Waals surface area contributed by atoms with Gasteiger partial charge in [-0.25, -0.2) is 0 Å². The molecule has 4 nitrogen and oxygen atoms in total. The summed E-state index contributed by atoms with van der Waals surface area (Å²) in [5.74, 6) is 0.616. The Kier molecular flexibility index (Phi) is 5.40. The number of nitrogens with zero attached hydrogens (tertiary/aromatic N) is 1. The first kappa shape index (κ1) is 14.5. The van der Waals surface area contributed by atoms with E-state index in [1.54, 1.807) is 0 Å². The molecule has 0 saturated carbocycles. The lowest BCUT2D eigenvalue weighted by molar-refractivity contribution is -0.128. The molecule has 17 heavy (non-hydrogen) atoms. The van der Waals surface area contributed by atoms with Crippen LogP contribution in [0.3, 0.4) is 0 Å². The van der Waals surface area contributed by atoms with Crippen LogP contribution >= 0.6 is 0 Å². The van der Waals surface area contributed by atoms with Crippen LogP contribution < -0.4 is 5.32 Å². The summed E-state index contributed by atoms with van der Waals surface area (Å²) in [5, 5.41) is 3.02. The average molecular weight is 242 g/mol. The smallest absolute Gasteiger partial charge is 0.225 e. The van der Waals surface area contributed by atoms with E-state index >= 15 is 0 Å². The fraction of sp³-hybridized carbons (Fsp3) is 0.923. The number of rotatable bonds is 4. The van der Waals surface area contributed by atoms with Crippen molar-refractivity contribution in [3.63, 3.8) is 0 Å². The Morgan fingerprint density at radius 3 is 2.47 bits per heavy atom. The molecule has 0 aromatic carbocycles. The van der Waals surface area contributed by atoms with Gasteiger partial charge in [0.15, 0.2) is 0 Å². The summed E-state index contributed by atoms with van der Waals surface area (Å²) in [6.07, 6.45) is 0. The van der Waals surface area contributed by atoms with Crippen LogP contribution in [0.1, 0.15) is 27.7 Å². The van der Waals surface area contributed by atoms with Crippen molar-refractivity contribution in [2.45, 2.75) is 27.7 Å². The molecule has 1 amide bonds. The summed E-state index contributed by atoms with van der Waals surface area (Å²) in [7, 11) is 0. The van der Waals surface area contributed by atoms with Crippen LogP contribution in [0.5, 0.6) is 0 Å². The van der Waals surface area contributed by atoms with Crippen molar-refractivity contribution in [1.29, 1.82) is 0 Å². The zero-order valence-electron chi connectivity index (χ0n) is 11.6. The molecule has 1 atom stereocenters. The third kappa shape index (κ3) is 5.50. The third-order valence-electron chi connectivity index (χ3n) is 2.97. The summed E-state index contributed by atoms with van der Waals surface area (Å²) >= 11 is 0. The van der Waals surface area contributed by atoms with Gasteiger partial charge in [0.1, 0.15) is 0 Å². The molecule has 4 heteroatoms.